The normalized spacial score (nSPS) is 14.7. The van der Waals surface area contributed by atoms with Crippen LogP contribution in [0.4, 0.5) is 0 Å². The minimum absolute atomic E-state index is 0.170. The number of rotatable bonds is 1. The molecule has 15 heavy (non-hydrogen) atoms. The Bertz CT molecular complexity index is 481. The van der Waals surface area contributed by atoms with Crippen LogP contribution >= 0.6 is 15.9 Å². The zero-order valence-corrected chi connectivity index (χ0v) is 9.37. The zero-order valence-electron chi connectivity index (χ0n) is 7.79. The van der Waals surface area contributed by atoms with Crippen LogP contribution in [0.1, 0.15) is 16.1 Å². The highest BCUT2D eigenvalue weighted by Gasteiger charge is 2.19. The molecule has 2 rings (SSSR count). The van der Waals surface area contributed by atoms with Crippen LogP contribution in [-0.4, -0.2) is 22.2 Å². The second kappa shape index (κ2) is 3.79. The standard InChI is InChI=1S/C9H9BrN2O3/c10-6-3-5(9(14)15)7-4-11-1-2-12(7)8(6)13/h3,11H,1-2,4H2,(H,14,15). The van der Waals surface area contributed by atoms with Gasteiger partial charge in [0.2, 0.25) is 0 Å². The van der Waals surface area contributed by atoms with E-state index in [2.05, 4.69) is 21.2 Å². The molecule has 0 spiro atoms. The molecule has 6 heteroatoms. The molecule has 1 aliphatic rings. The Morgan fingerprint density at radius 2 is 2.33 bits per heavy atom. The first kappa shape index (κ1) is 10.4. The van der Waals surface area contributed by atoms with Gasteiger partial charge in [0.1, 0.15) is 0 Å². The maximum Gasteiger partial charge on any atom is 0.337 e. The van der Waals surface area contributed by atoms with Crippen molar-refractivity contribution in [1.29, 1.82) is 0 Å². The molecule has 0 unspecified atom stereocenters. The van der Waals surface area contributed by atoms with Gasteiger partial charge >= 0.3 is 5.97 Å². The lowest BCUT2D eigenvalue weighted by Gasteiger charge is -2.21. The molecule has 80 valence electrons. The van der Waals surface area contributed by atoms with Crippen molar-refractivity contribution in [3.05, 3.63) is 32.2 Å². The number of hydrogen-bond acceptors (Lipinski definition) is 3. The zero-order chi connectivity index (χ0) is 11.0. The highest BCUT2D eigenvalue weighted by molar-refractivity contribution is 9.10. The second-order valence-corrected chi connectivity index (χ2v) is 4.15. The van der Waals surface area contributed by atoms with E-state index in [0.717, 1.165) is 0 Å². The first-order chi connectivity index (χ1) is 7.11. The van der Waals surface area contributed by atoms with E-state index in [9.17, 15) is 9.59 Å². The van der Waals surface area contributed by atoms with Crippen molar-refractivity contribution in [2.45, 2.75) is 13.1 Å². The number of aromatic nitrogens is 1. The molecule has 1 aromatic rings. The molecule has 0 atom stereocenters. The lowest BCUT2D eigenvalue weighted by Crippen LogP contribution is -2.37. The Morgan fingerprint density at radius 3 is 3.00 bits per heavy atom. The largest absolute Gasteiger partial charge is 0.478 e. The molecule has 2 heterocycles. The third-order valence-corrected chi connectivity index (χ3v) is 2.96. The van der Waals surface area contributed by atoms with E-state index < -0.39 is 5.97 Å². The van der Waals surface area contributed by atoms with Gasteiger partial charge in [-0.05, 0) is 22.0 Å². The number of nitrogens with zero attached hydrogens (tertiary/aromatic N) is 1. The molecule has 0 saturated heterocycles. The predicted octanol–water partition coefficient (Wildman–Crippen LogP) is 0.412. The Labute approximate surface area is 93.8 Å². The van der Waals surface area contributed by atoms with E-state index in [4.69, 9.17) is 5.11 Å². The summed E-state index contributed by atoms with van der Waals surface area (Å²) >= 11 is 3.08. The summed E-state index contributed by atoms with van der Waals surface area (Å²) in [6, 6.07) is 1.36. The monoisotopic (exact) mass is 272 g/mol. The average molecular weight is 273 g/mol. The fourth-order valence-corrected chi connectivity index (χ4v) is 2.12. The van der Waals surface area contributed by atoms with Crippen LogP contribution in [0, 0.1) is 0 Å². The number of pyridine rings is 1. The average Bonchev–Trinajstić information content (AvgIpc) is 2.23. The lowest BCUT2D eigenvalue weighted by molar-refractivity contribution is 0.0693. The van der Waals surface area contributed by atoms with Crippen LogP contribution in [0.3, 0.4) is 0 Å². The number of fused-ring (bicyclic) bond motifs is 1. The molecule has 0 fully saturated rings. The highest BCUT2D eigenvalue weighted by atomic mass is 79.9. The van der Waals surface area contributed by atoms with Crippen molar-refractivity contribution in [3.63, 3.8) is 0 Å². The van der Waals surface area contributed by atoms with Crippen LogP contribution in [0.15, 0.2) is 15.3 Å². The Balaban J connectivity index is 2.73. The van der Waals surface area contributed by atoms with Gasteiger partial charge in [0.15, 0.2) is 0 Å². The van der Waals surface area contributed by atoms with Gasteiger partial charge in [-0.1, -0.05) is 0 Å². The van der Waals surface area contributed by atoms with Crippen molar-refractivity contribution < 1.29 is 9.90 Å². The van der Waals surface area contributed by atoms with Gasteiger partial charge < -0.3 is 15.0 Å². The number of halogens is 1. The van der Waals surface area contributed by atoms with Crippen LogP contribution in [0.2, 0.25) is 0 Å². The molecular weight excluding hydrogens is 264 g/mol. The molecule has 0 radical (unpaired) electrons. The number of carbonyl (C=O) groups is 1. The molecule has 1 aliphatic heterocycles. The van der Waals surface area contributed by atoms with Crippen LogP contribution in [-0.2, 0) is 13.1 Å². The van der Waals surface area contributed by atoms with E-state index in [0.29, 0.717) is 29.8 Å². The molecule has 0 bridgehead atoms. The minimum atomic E-state index is -1.01. The fourth-order valence-electron chi connectivity index (χ4n) is 1.68. The number of aromatic carboxylic acids is 1. The van der Waals surface area contributed by atoms with E-state index in [1.807, 2.05) is 0 Å². The van der Waals surface area contributed by atoms with Gasteiger partial charge in [0.25, 0.3) is 5.56 Å². The Morgan fingerprint density at radius 1 is 1.60 bits per heavy atom. The highest BCUT2D eigenvalue weighted by Crippen LogP contribution is 2.14. The van der Waals surface area contributed by atoms with Gasteiger partial charge in [0.05, 0.1) is 10.0 Å². The topological polar surface area (TPSA) is 71.3 Å². The molecule has 2 N–H and O–H groups in total. The van der Waals surface area contributed by atoms with Crippen LogP contribution in [0.5, 0.6) is 0 Å². The minimum Gasteiger partial charge on any atom is -0.478 e. The third kappa shape index (κ3) is 1.70. The first-order valence-corrected chi connectivity index (χ1v) is 5.27. The fraction of sp³-hybridized carbons (Fsp3) is 0.333. The number of carboxylic acids is 1. The summed E-state index contributed by atoms with van der Waals surface area (Å²) in [6.45, 7) is 1.61. The summed E-state index contributed by atoms with van der Waals surface area (Å²) in [7, 11) is 0. The lowest BCUT2D eigenvalue weighted by atomic mass is 10.1. The van der Waals surface area contributed by atoms with E-state index >= 15 is 0 Å². The molecule has 1 aromatic heterocycles. The molecule has 0 amide bonds. The maximum absolute atomic E-state index is 11.7. The van der Waals surface area contributed by atoms with E-state index in [-0.39, 0.29) is 11.1 Å². The van der Waals surface area contributed by atoms with Gasteiger partial charge in [-0.2, -0.15) is 0 Å². The van der Waals surface area contributed by atoms with Crippen LogP contribution < -0.4 is 10.9 Å². The SMILES string of the molecule is O=C(O)c1cc(Br)c(=O)n2c1CNCC2. The molecular formula is C9H9BrN2O3. The third-order valence-electron chi connectivity index (χ3n) is 2.39. The Kier molecular flexibility index (Phi) is 2.62. The summed E-state index contributed by atoms with van der Waals surface area (Å²) in [5.74, 6) is -1.01. The molecule has 0 aliphatic carbocycles. The van der Waals surface area contributed by atoms with Gasteiger partial charge in [-0.3, -0.25) is 4.79 Å². The second-order valence-electron chi connectivity index (χ2n) is 3.29. The van der Waals surface area contributed by atoms with Gasteiger partial charge in [-0.15, -0.1) is 0 Å². The van der Waals surface area contributed by atoms with Crippen molar-refractivity contribution in [2.75, 3.05) is 6.54 Å². The molecule has 5 nitrogen and oxygen atoms in total. The van der Waals surface area contributed by atoms with Crippen molar-refractivity contribution in [3.8, 4) is 0 Å². The first-order valence-electron chi connectivity index (χ1n) is 4.47. The maximum atomic E-state index is 11.7. The number of nitrogens with one attached hydrogen (secondary N) is 1. The summed E-state index contributed by atoms with van der Waals surface area (Å²) < 4.78 is 1.80. The summed E-state index contributed by atoms with van der Waals surface area (Å²) in [6.07, 6.45) is 0. The van der Waals surface area contributed by atoms with Crippen molar-refractivity contribution >= 4 is 21.9 Å². The number of carboxylic acid groups (broad SMARTS) is 1. The molecule has 0 aromatic carbocycles. The van der Waals surface area contributed by atoms with E-state index in [1.165, 1.54) is 10.6 Å². The van der Waals surface area contributed by atoms with E-state index in [1.54, 1.807) is 0 Å². The van der Waals surface area contributed by atoms with Crippen molar-refractivity contribution in [1.82, 2.24) is 9.88 Å². The predicted molar refractivity (Wildman–Crippen MR) is 57.1 cm³/mol. The molecule has 0 saturated carbocycles. The van der Waals surface area contributed by atoms with Gasteiger partial charge in [0, 0.05) is 25.3 Å². The van der Waals surface area contributed by atoms with Crippen LogP contribution in [0.25, 0.3) is 0 Å². The summed E-state index contributed by atoms with van der Waals surface area (Å²) in [4.78, 5) is 22.7. The summed E-state index contributed by atoms with van der Waals surface area (Å²) in [5.41, 5.74) is 0.548. The number of hydrogen-bond donors (Lipinski definition) is 2. The quantitative estimate of drug-likeness (QED) is 0.777. The summed E-state index contributed by atoms with van der Waals surface area (Å²) in [5, 5.41) is 12.0. The van der Waals surface area contributed by atoms with Gasteiger partial charge in [-0.25, -0.2) is 4.79 Å². The Hall–Kier alpha value is -1.14. The smallest absolute Gasteiger partial charge is 0.337 e. The van der Waals surface area contributed by atoms with Crippen molar-refractivity contribution in [2.24, 2.45) is 0 Å².